The first-order valence-electron chi connectivity index (χ1n) is 14.4. The molecule has 1 spiro atoms. The van der Waals surface area contributed by atoms with E-state index in [1.54, 1.807) is 11.1 Å². The molecule has 0 aliphatic heterocycles. The van der Waals surface area contributed by atoms with Crippen LogP contribution in [0, 0.1) is 0 Å². The Hall–Kier alpha value is -3.72. The number of hydrogen-bond donors (Lipinski definition) is 0. The Morgan fingerprint density at radius 2 is 0.900 bits per heavy atom. The fourth-order valence-corrected chi connectivity index (χ4v) is 8.59. The maximum Gasteiger partial charge on any atom is 0.0342 e. The first-order chi connectivity index (χ1) is 19.8. The molecule has 0 N–H and O–H groups in total. The second-order valence-corrected chi connectivity index (χ2v) is 13.2. The van der Waals surface area contributed by atoms with Gasteiger partial charge in [-0.2, -0.15) is 0 Å². The average Bonchev–Trinajstić information content (AvgIpc) is 3.80. The molecular formula is C38H30S2. The van der Waals surface area contributed by atoms with Crippen LogP contribution in [0.15, 0.2) is 120 Å². The van der Waals surface area contributed by atoms with E-state index < -0.39 is 0 Å². The Labute approximate surface area is 244 Å². The molecule has 2 aliphatic carbocycles. The SMILES string of the molecule is c1cc(-c2ccc3c(c2)C2(CCCCC2)c2cc(-c4cccc(-c5cccs5)c4)ccc2-3)cc(-c2cccs2)c1. The highest BCUT2D eigenvalue weighted by Gasteiger charge is 2.44. The molecule has 2 heteroatoms. The Bertz CT molecular complexity index is 1690. The summed E-state index contributed by atoms with van der Waals surface area (Å²) in [5.41, 5.74) is 14.0. The fourth-order valence-electron chi connectivity index (χ4n) is 7.14. The van der Waals surface area contributed by atoms with Crippen LogP contribution in [-0.4, -0.2) is 0 Å². The van der Waals surface area contributed by atoms with Gasteiger partial charge in [0.15, 0.2) is 0 Å². The summed E-state index contributed by atoms with van der Waals surface area (Å²) in [6, 6.07) is 41.4. The summed E-state index contributed by atoms with van der Waals surface area (Å²) in [6.07, 6.45) is 6.43. The van der Waals surface area contributed by atoms with Crippen LogP contribution in [0.1, 0.15) is 43.2 Å². The first kappa shape index (κ1) is 24.1. The fraction of sp³-hybridized carbons (Fsp3) is 0.158. The zero-order valence-corrected chi connectivity index (χ0v) is 24.0. The van der Waals surface area contributed by atoms with Crippen LogP contribution in [0.5, 0.6) is 0 Å². The summed E-state index contributed by atoms with van der Waals surface area (Å²) < 4.78 is 0. The lowest BCUT2D eigenvalue weighted by Crippen LogP contribution is -2.28. The maximum absolute atomic E-state index is 2.53. The number of hydrogen-bond acceptors (Lipinski definition) is 2. The lowest BCUT2D eigenvalue weighted by molar-refractivity contribution is 0.353. The van der Waals surface area contributed by atoms with E-state index in [-0.39, 0.29) is 5.41 Å². The third-order valence-corrected chi connectivity index (χ3v) is 10.9. The monoisotopic (exact) mass is 550 g/mol. The molecule has 0 nitrogen and oxygen atoms in total. The van der Waals surface area contributed by atoms with Gasteiger partial charge in [0, 0.05) is 15.2 Å². The molecule has 0 saturated heterocycles. The van der Waals surface area contributed by atoms with Gasteiger partial charge in [-0.3, -0.25) is 0 Å². The Kier molecular flexibility index (Phi) is 5.86. The van der Waals surface area contributed by atoms with Gasteiger partial charge < -0.3 is 0 Å². The minimum atomic E-state index is 0.117. The van der Waals surface area contributed by atoms with Gasteiger partial charge in [-0.1, -0.05) is 92.1 Å². The van der Waals surface area contributed by atoms with Gasteiger partial charge in [-0.15, -0.1) is 22.7 Å². The molecule has 6 aromatic rings. The summed E-state index contributed by atoms with van der Waals surface area (Å²) in [4.78, 5) is 2.66. The van der Waals surface area contributed by atoms with Gasteiger partial charge in [-0.05, 0) is 116 Å². The van der Waals surface area contributed by atoms with Crippen LogP contribution < -0.4 is 0 Å². The summed E-state index contributed by atoms with van der Waals surface area (Å²) in [5, 5.41) is 4.32. The molecule has 4 aromatic carbocycles. The second kappa shape index (κ2) is 9.73. The van der Waals surface area contributed by atoms with E-state index >= 15 is 0 Å². The predicted octanol–water partition coefficient (Wildman–Crippen LogP) is 11.7. The van der Waals surface area contributed by atoms with Gasteiger partial charge in [0.2, 0.25) is 0 Å². The topological polar surface area (TPSA) is 0 Å². The smallest absolute Gasteiger partial charge is 0.0342 e. The molecule has 1 saturated carbocycles. The van der Waals surface area contributed by atoms with Crippen LogP contribution in [-0.2, 0) is 5.41 Å². The van der Waals surface area contributed by atoms with Crippen molar-refractivity contribution >= 4 is 22.7 Å². The second-order valence-electron chi connectivity index (χ2n) is 11.3. The van der Waals surface area contributed by atoms with Crippen LogP contribution in [0.2, 0.25) is 0 Å². The summed E-state index contributed by atoms with van der Waals surface area (Å²) >= 11 is 3.62. The number of fused-ring (bicyclic) bond motifs is 5. The van der Waals surface area contributed by atoms with Crippen molar-refractivity contribution in [2.45, 2.75) is 37.5 Å². The van der Waals surface area contributed by atoms with Crippen LogP contribution in [0.25, 0.3) is 54.3 Å². The average molecular weight is 551 g/mol. The van der Waals surface area contributed by atoms with Crippen molar-refractivity contribution in [2.24, 2.45) is 0 Å². The van der Waals surface area contributed by atoms with E-state index in [9.17, 15) is 0 Å². The molecule has 1 fully saturated rings. The molecule has 8 rings (SSSR count). The van der Waals surface area contributed by atoms with Crippen molar-refractivity contribution in [3.63, 3.8) is 0 Å². The summed E-state index contributed by atoms with van der Waals surface area (Å²) in [6.45, 7) is 0. The van der Waals surface area contributed by atoms with Crippen LogP contribution in [0.4, 0.5) is 0 Å². The van der Waals surface area contributed by atoms with Gasteiger partial charge in [-0.25, -0.2) is 0 Å². The normalized spacial score (nSPS) is 15.2. The highest BCUT2D eigenvalue weighted by atomic mass is 32.1. The Morgan fingerprint density at radius 3 is 1.38 bits per heavy atom. The van der Waals surface area contributed by atoms with Crippen molar-refractivity contribution in [1.29, 1.82) is 0 Å². The zero-order valence-electron chi connectivity index (χ0n) is 22.4. The summed E-state index contributed by atoms with van der Waals surface area (Å²) in [7, 11) is 0. The molecule has 0 bridgehead atoms. The molecule has 0 unspecified atom stereocenters. The quantitative estimate of drug-likeness (QED) is 0.205. The molecule has 0 atom stereocenters. The van der Waals surface area contributed by atoms with Crippen molar-refractivity contribution < 1.29 is 0 Å². The number of rotatable bonds is 4. The third-order valence-electron chi connectivity index (χ3n) is 9.07. The first-order valence-corrected chi connectivity index (χ1v) is 16.1. The number of thiophene rings is 2. The Balaban J connectivity index is 1.23. The van der Waals surface area contributed by atoms with E-state index in [4.69, 9.17) is 0 Å². The van der Waals surface area contributed by atoms with Gasteiger partial charge in [0.1, 0.15) is 0 Å². The predicted molar refractivity (Wildman–Crippen MR) is 173 cm³/mol. The third kappa shape index (κ3) is 3.93. The van der Waals surface area contributed by atoms with Crippen molar-refractivity contribution in [1.82, 2.24) is 0 Å². The molecule has 0 radical (unpaired) electrons. The van der Waals surface area contributed by atoms with Crippen LogP contribution >= 0.6 is 22.7 Å². The molecule has 2 heterocycles. The van der Waals surface area contributed by atoms with E-state index in [0.29, 0.717) is 0 Å². The molecule has 40 heavy (non-hydrogen) atoms. The lowest BCUT2D eigenvalue weighted by Gasteiger charge is -2.36. The van der Waals surface area contributed by atoms with E-state index in [1.165, 1.54) is 86.4 Å². The minimum Gasteiger partial charge on any atom is -0.144 e. The summed E-state index contributed by atoms with van der Waals surface area (Å²) in [5.74, 6) is 0. The minimum absolute atomic E-state index is 0.117. The van der Waals surface area contributed by atoms with Crippen molar-refractivity contribution in [3.8, 4) is 54.3 Å². The standard InChI is InChI=1S/C38H30S2/c1-2-18-38(19-3-1)34-24-28(26-8-4-10-30(22-26)36-12-6-20-39-36)14-16-32(34)33-17-15-29(25-35(33)38)27-9-5-11-31(23-27)37-13-7-21-40-37/h4-17,20-25H,1-3,18-19H2. The van der Waals surface area contributed by atoms with Crippen molar-refractivity contribution in [2.75, 3.05) is 0 Å². The highest BCUT2D eigenvalue weighted by molar-refractivity contribution is 7.13. The van der Waals surface area contributed by atoms with Gasteiger partial charge >= 0.3 is 0 Å². The molecule has 0 amide bonds. The number of benzene rings is 4. The van der Waals surface area contributed by atoms with Crippen LogP contribution in [0.3, 0.4) is 0 Å². The van der Waals surface area contributed by atoms with Gasteiger partial charge in [0.05, 0.1) is 0 Å². The lowest BCUT2D eigenvalue weighted by atomic mass is 9.67. The van der Waals surface area contributed by atoms with E-state index in [0.717, 1.165) is 0 Å². The molecule has 194 valence electrons. The zero-order chi connectivity index (χ0) is 26.5. The van der Waals surface area contributed by atoms with Crippen molar-refractivity contribution in [3.05, 3.63) is 131 Å². The van der Waals surface area contributed by atoms with E-state index in [2.05, 4.69) is 120 Å². The maximum atomic E-state index is 2.53. The molecular weight excluding hydrogens is 521 g/mol. The largest absolute Gasteiger partial charge is 0.144 e. The Morgan fingerprint density at radius 1 is 0.425 bits per heavy atom. The molecule has 2 aromatic heterocycles. The van der Waals surface area contributed by atoms with Gasteiger partial charge in [0.25, 0.3) is 0 Å². The molecule has 2 aliphatic rings. The highest BCUT2D eigenvalue weighted by Crippen LogP contribution is 2.57. The van der Waals surface area contributed by atoms with E-state index in [1.807, 2.05) is 22.7 Å².